The van der Waals surface area contributed by atoms with Gasteiger partial charge in [-0.3, -0.25) is 14.7 Å². The van der Waals surface area contributed by atoms with Crippen LogP contribution in [0.3, 0.4) is 0 Å². The van der Waals surface area contributed by atoms with E-state index in [1.165, 1.54) is 12.1 Å². The van der Waals surface area contributed by atoms with Crippen molar-refractivity contribution < 1.29 is 23.0 Å². The minimum absolute atomic E-state index is 0.0565. The van der Waals surface area contributed by atoms with Crippen LogP contribution in [-0.4, -0.2) is 43.3 Å². The highest BCUT2D eigenvalue weighted by atomic mass is 28.4. The van der Waals surface area contributed by atoms with E-state index in [4.69, 9.17) is 13.8 Å². The molecular formula is C30H35FN3O3Si+. The number of halogens is 1. The zero-order chi connectivity index (χ0) is 27.1. The third kappa shape index (κ3) is 5.22. The Kier molecular flexibility index (Phi) is 6.86. The molecule has 2 aliphatic rings. The molecule has 1 amide bonds. The average Bonchev–Trinajstić information content (AvgIpc) is 3.49. The highest BCUT2D eigenvalue weighted by Crippen LogP contribution is 2.38. The number of amidine groups is 1. The molecule has 0 bridgehead atoms. The van der Waals surface area contributed by atoms with Gasteiger partial charge in [0.05, 0.1) is 6.26 Å². The predicted molar refractivity (Wildman–Crippen MR) is 148 cm³/mol. The van der Waals surface area contributed by atoms with E-state index in [-0.39, 0.29) is 28.8 Å². The molecule has 1 aromatic heterocycles. The van der Waals surface area contributed by atoms with E-state index in [0.717, 1.165) is 22.6 Å². The molecule has 198 valence electrons. The number of hydrogen-bond donors (Lipinski definition) is 1. The number of carbonyl (C=O) groups is 1. The van der Waals surface area contributed by atoms with Crippen molar-refractivity contribution in [1.29, 1.82) is 0 Å². The molecule has 1 N–H and O–H groups in total. The smallest absolute Gasteiger partial charge is 0.254 e. The molecule has 6 nitrogen and oxygen atoms in total. The van der Waals surface area contributed by atoms with E-state index in [2.05, 4.69) is 38.9 Å². The number of furan rings is 1. The SMILES string of the molecule is CC(C)(C)[Si](C)(C)Oc1cccc(C2C=[NH+]C(Cc3ccc(F)cc3)C3=NC(Cc4ccco4)C(=O)N32)c1. The van der Waals surface area contributed by atoms with E-state index in [9.17, 15) is 9.18 Å². The van der Waals surface area contributed by atoms with Crippen molar-refractivity contribution in [3.05, 3.63) is 89.6 Å². The van der Waals surface area contributed by atoms with Gasteiger partial charge < -0.3 is 8.84 Å². The first-order valence-corrected chi connectivity index (χ1v) is 16.0. The summed E-state index contributed by atoms with van der Waals surface area (Å²) in [4.78, 5) is 24.0. The number of fused-ring (bicyclic) bond motifs is 1. The van der Waals surface area contributed by atoms with Crippen LogP contribution >= 0.6 is 0 Å². The molecule has 0 aliphatic carbocycles. The summed E-state index contributed by atoms with van der Waals surface area (Å²) in [6, 6.07) is 17.0. The van der Waals surface area contributed by atoms with Gasteiger partial charge >= 0.3 is 0 Å². The summed E-state index contributed by atoms with van der Waals surface area (Å²) in [5.74, 6) is 1.90. The Morgan fingerprint density at radius 1 is 1.08 bits per heavy atom. The maximum Gasteiger partial charge on any atom is 0.254 e. The van der Waals surface area contributed by atoms with E-state index >= 15 is 0 Å². The maximum absolute atomic E-state index is 13.8. The van der Waals surface area contributed by atoms with E-state index in [1.807, 2.05) is 47.5 Å². The number of hydrogen-bond acceptors (Lipinski definition) is 4. The summed E-state index contributed by atoms with van der Waals surface area (Å²) >= 11 is 0. The highest BCUT2D eigenvalue weighted by molar-refractivity contribution is 6.74. The predicted octanol–water partition coefficient (Wildman–Crippen LogP) is 4.47. The molecule has 0 radical (unpaired) electrons. The van der Waals surface area contributed by atoms with Gasteiger partial charge in [0.1, 0.15) is 29.4 Å². The lowest BCUT2D eigenvalue weighted by molar-refractivity contribution is -0.483. The largest absolute Gasteiger partial charge is 0.543 e. The Balaban J connectivity index is 1.47. The monoisotopic (exact) mass is 532 g/mol. The fraction of sp³-hybridized carbons (Fsp3) is 0.367. The van der Waals surface area contributed by atoms with Gasteiger partial charge in [0, 0.05) is 12.8 Å². The van der Waals surface area contributed by atoms with Crippen molar-refractivity contribution in [2.24, 2.45) is 4.99 Å². The molecule has 38 heavy (non-hydrogen) atoms. The van der Waals surface area contributed by atoms with Crippen LogP contribution in [0, 0.1) is 5.82 Å². The molecule has 3 atom stereocenters. The van der Waals surface area contributed by atoms with Crippen LogP contribution in [0.1, 0.15) is 43.7 Å². The Labute approximate surface area is 224 Å². The second-order valence-corrected chi connectivity index (χ2v) is 16.3. The first kappa shape index (κ1) is 26.1. The standard InChI is InChI=1S/C30H34FN3O3Si/c1-30(2,3)38(4,5)37-24-9-6-8-21(17-24)27-19-32-25(16-20-11-13-22(31)14-12-20)28-33-26(29(35)34(27)28)18-23-10-7-15-36-23/h6-15,17,19,25-27H,16,18H2,1-5H3/p+1. The summed E-state index contributed by atoms with van der Waals surface area (Å²) in [5.41, 5.74) is 1.92. The Morgan fingerprint density at radius 2 is 1.84 bits per heavy atom. The van der Waals surface area contributed by atoms with Crippen molar-refractivity contribution in [1.82, 2.24) is 4.90 Å². The summed E-state index contributed by atoms with van der Waals surface area (Å²) in [5, 5.41) is 0.0684. The molecule has 3 unspecified atom stereocenters. The molecule has 8 heteroatoms. The van der Waals surface area contributed by atoms with Gasteiger partial charge in [-0.2, -0.15) is 0 Å². The Bertz CT molecular complexity index is 1360. The summed E-state index contributed by atoms with van der Waals surface area (Å²) in [6.07, 6.45) is 4.55. The normalized spacial score (nSPS) is 21.4. The van der Waals surface area contributed by atoms with Gasteiger partial charge in [-0.25, -0.2) is 9.38 Å². The second kappa shape index (κ2) is 9.98. The summed E-state index contributed by atoms with van der Waals surface area (Å²) in [7, 11) is -2.03. The number of nitrogens with zero attached hydrogens (tertiary/aromatic N) is 2. The van der Waals surface area contributed by atoms with Gasteiger partial charge in [0.15, 0.2) is 12.1 Å². The quantitative estimate of drug-likeness (QED) is 0.457. The fourth-order valence-corrected chi connectivity index (χ4v) is 5.68. The van der Waals surface area contributed by atoms with Crippen LogP contribution in [0.5, 0.6) is 5.75 Å². The lowest BCUT2D eigenvalue weighted by Crippen LogP contribution is -2.85. The lowest BCUT2D eigenvalue weighted by Gasteiger charge is -2.36. The van der Waals surface area contributed by atoms with Crippen LogP contribution in [0.25, 0.3) is 0 Å². The van der Waals surface area contributed by atoms with Crippen LogP contribution < -0.4 is 9.42 Å². The molecule has 0 spiro atoms. The average molecular weight is 533 g/mol. The fourth-order valence-electron chi connectivity index (χ4n) is 4.66. The van der Waals surface area contributed by atoms with Crippen LogP contribution in [0.15, 0.2) is 76.3 Å². The molecule has 2 aromatic carbocycles. The minimum Gasteiger partial charge on any atom is -0.543 e. The molecule has 0 fully saturated rings. The molecule has 0 saturated carbocycles. The van der Waals surface area contributed by atoms with Gasteiger partial charge in [0.2, 0.25) is 14.4 Å². The van der Waals surface area contributed by atoms with Crippen molar-refractivity contribution in [3.8, 4) is 5.75 Å². The Morgan fingerprint density at radius 3 is 2.53 bits per heavy atom. The molecule has 3 heterocycles. The van der Waals surface area contributed by atoms with Crippen molar-refractivity contribution in [2.45, 2.75) is 69.9 Å². The van der Waals surface area contributed by atoms with E-state index in [1.54, 1.807) is 18.4 Å². The molecular weight excluding hydrogens is 497 g/mol. The Hall–Kier alpha value is -3.52. The number of carbonyl (C=O) groups excluding carboxylic acids is 1. The van der Waals surface area contributed by atoms with Gasteiger partial charge in [-0.05, 0) is 65.7 Å². The molecule has 5 rings (SSSR count). The topological polar surface area (TPSA) is 69.0 Å². The minimum atomic E-state index is -2.03. The number of rotatable bonds is 7. The maximum atomic E-state index is 13.8. The number of nitrogens with one attached hydrogen (secondary N) is 1. The zero-order valence-corrected chi connectivity index (χ0v) is 23.6. The first-order valence-electron chi connectivity index (χ1n) is 13.1. The van der Waals surface area contributed by atoms with Crippen molar-refractivity contribution in [2.75, 3.05) is 0 Å². The third-order valence-electron chi connectivity index (χ3n) is 7.81. The molecule has 0 saturated heterocycles. The van der Waals surface area contributed by atoms with Gasteiger partial charge in [0.25, 0.3) is 5.91 Å². The summed E-state index contributed by atoms with van der Waals surface area (Å²) in [6.45, 7) is 11.1. The van der Waals surface area contributed by atoms with Crippen LogP contribution in [-0.2, 0) is 17.6 Å². The lowest BCUT2D eigenvalue weighted by atomic mass is 9.99. The second-order valence-electron chi connectivity index (χ2n) is 11.6. The van der Waals surface area contributed by atoms with E-state index in [0.29, 0.717) is 18.7 Å². The molecule has 2 aliphatic heterocycles. The number of benzene rings is 2. The van der Waals surface area contributed by atoms with Crippen LogP contribution in [0.4, 0.5) is 4.39 Å². The third-order valence-corrected chi connectivity index (χ3v) is 12.2. The molecule has 3 aromatic rings. The van der Waals surface area contributed by atoms with Crippen molar-refractivity contribution >= 4 is 26.3 Å². The van der Waals surface area contributed by atoms with Crippen molar-refractivity contribution in [3.63, 3.8) is 0 Å². The van der Waals surface area contributed by atoms with Crippen LogP contribution in [0.2, 0.25) is 18.1 Å². The number of aliphatic imine (C=N–C) groups is 1. The zero-order valence-electron chi connectivity index (χ0n) is 22.6. The van der Waals surface area contributed by atoms with E-state index < -0.39 is 14.4 Å². The van der Waals surface area contributed by atoms with Gasteiger partial charge in [-0.15, -0.1) is 0 Å². The van der Waals surface area contributed by atoms with Gasteiger partial charge in [-0.1, -0.05) is 45.0 Å². The number of amides is 1. The first-order chi connectivity index (χ1) is 18.0. The highest BCUT2D eigenvalue weighted by Gasteiger charge is 2.47. The summed E-state index contributed by atoms with van der Waals surface area (Å²) < 4.78 is 25.6.